The summed E-state index contributed by atoms with van der Waals surface area (Å²) in [4.78, 5) is 12.5. The van der Waals surface area contributed by atoms with Crippen LogP contribution in [0.5, 0.6) is 0 Å². The van der Waals surface area contributed by atoms with Gasteiger partial charge in [0, 0.05) is 25.9 Å². The molecule has 2 heterocycles. The average Bonchev–Trinajstić information content (AvgIpc) is 2.45. The van der Waals surface area contributed by atoms with Gasteiger partial charge in [0.1, 0.15) is 6.10 Å². The molecule has 0 saturated carbocycles. The van der Waals surface area contributed by atoms with E-state index in [9.17, 15) is 4.79 Å². The molecule has 0 aromatic heterocycles. The summed E-state index contributed by atoms with van der Waals surface area (Å²) in [6.07, 6.45) is 1.87. The van der Waals surface area contributed by atoms with Crippen molar-refractivity contribution in [3.8, 4) is 0 Å². The Morgan fingerprint density at radius 2 is 1.95 bits per heavy atom. The zero-order valence-corrected chi connectivity index (χ0v) is 12.7. The Kier molecular flexibility index (Phi) is 4.27. The fourth-order valence-electron chi connectivity index (χ4n) is 3.39. The highest BCUT2D eigenvalue weighted by atomic mass is 16.6. The van der Waals surface area contributed by atoms with Crippen molar-refractivity contribution in [1.82, 2.24) is 5.32 Å². The zero-order valence-electron chi connectivity index (χ0n) is 12.7. The third-order valence-corrected chi connectivity index (χ3v) is 4.32. The first-order chi connectivity index (χ1) is 10.1. The normalized spacial score (nSPS) is 32.3. The topological polar surface area (TPSA) is 47.6 Å². The van der Waals surface area contributed by atoms with Gasteiger partial charge in [0.2, 0.25) is 0 Å². The molecule has 0 spiro atoms. The minimum atomic E-state index is -0.191. The van der Waals surface area contributed by atoms with Crippen molar-refractivity contribution >= 4 is 5.97 Å². The van der Waals surface area contributed by atoms with E-state index in [1.54, 1.807) is 0 Å². The van der Waals surface area contributed by atoms with Crippen molar-refractivity contribution in [1.29, 1.82) is 0 Å². The molecule has 21 heavy (non-hydrogen) atoms. The molecule has 3 rings (SSSR count). The van der Waals surface area contributed by atoms with Gasteiger partial charge in [-0.1, -0.05) is 24.3 Å². The fourth-order valence-corrected chi connectivity index (χ4v) is 3.39. The highest BCUT2D eigenvalue weighted by molar-refractivity contribution is 5.79. The largest absolute Gasteiger partial charge is 0.462 e. The van der Waals surface area contributed by atoms with Crippen LogP contribution in [0.15, 0.2) is 24.3 Å². The maximum Gasteiger partial charge on any atom is 0.315 e. The molecule has 1 fully saturated rings. The maximum absolute atomic E-state index is 12.5. The van der Waals surface area contributed by atoms with Gasteiger partial charge in [-0.2, -0.15) is 0 Å². The predicted molar refractivity (Wildman–Crippen MR) is 80.0 cm³/mol. The van der Waals surface area contributed by atoms with Gasteiger partial charge in [-0.15, -0.1) is 0 Å². The number of esters is 1. The predicted octanol–water partition coefficient (Wildman–Crippen LogP) is 2.37. The molecule has 2 aliphatic rings. The van der Waals surface area contributed by atoms with E-state index >= 15 is 0 Å². The lowest BCUT2D eigenvalue weighted by Crippen LogP contribution is -2.39. The van der Waals surface area contributed by atoms with Crippen molar-refractivity contribution in [2.75, 3.05) is 6.54 Å². The van der Waals surface area contributed by atoms with Gasteiger partial charge in [-0.3, -0.25) is 4.79 Å². The molecular weight excluding hydrogens is 266 g/mol. The van der Waals surface area contributed by atoms with Gasteiger partial charge in [0.25, 0.3) is 0 Å². The summed E-state index contributed by atoms with van der Waals surface area (Å²) >= 11 is 0. The molecule has 1 aromatic rings. The number of rotatable bonds is 2. The quantitative estimate of drug-likeness (QED) is 0.849. The number of nitrogens with one attached hydrogen (secondary N) is 1. The molecule has 0 radical (unpaired) electrons. The van der Waals surface area contributed by atoms with E-state index in [2.05, 4.69) is 11.4 Å². The maximum atomic E-state index is 12.5. The number of fused-ring (bicyclic) bond motifs is 1. The molecule has 0 amide bonds. The van der Waals surface area contributed by atoms with Crippen LogP contribution < -0.4 is 5.32 Å². The summed E-state index contributed by atoms with van der Waals surface area (Å²) in [6, 6.07) is 8.11. The summed E-state index contributed by atoms with van der Waals surface area (Å²) in [6.45, 7) is 5.55. The zero-order chi connectivity index (χ0) is 14.8. The first kappa shape index (κ1) is 14.5. The second kappa shape index (κ2) is 6.16. The van der Waals surface area contributed by atoms with Crippen LogP contribution in [0.25, 0.3) is 0 Å². The number of carbonyl (C=O) groups excluding carboxylic acids is 1. The first-order valence-corrected chi connectivity index (χ1v) is 7.78. The van der Waals surface area contributed by atoms with Crippen LogP contribution in [0, 0.1) is 0 Å². The van der Waals surface area contributed by atoms with E-state index in [1.807, 2.05) is 32.0 Å². The Morgan fingerprint density at radius 1 is 1.24 bits per heavy atom. The van der Waals surface area contributed by atoms with Crippen LogP contribution in [0.4, 0.5) is 0 Å². The highest BCUT2D eigenvalue weighted by Crippen LogP contribution is 2.28. The van der Waals surface area contributed by atoms with Crippen LogP contribution in [0.2, 0.25) is 0 Å². The minimum absolute atomic E-state index is 0.0228. The van der Waals surface area contributed by atoms with Gasteiger partial charge < -0.3 is 14.8 Å². The SMILES string of the molecule is CC1CC(OC(=O)C2CNCc3ccccc32)CC(C)O1. The van der Waals surface area contributed by atoms with Crippen molar-refractivity contribution in [2.24, 2.45) is 0 Å². The number of benzene rings is 1. The summed E-state index contributed by atoms with van der Waals surface area (Å²) in [7, 11) is 0. The monoisotopic (exact) mass is 289 g/mol. The molecule has 4 heteroatoms. The summed E-state index contributed by atoms with van der Waals surface area (Å²) in [5.74, 6) is -0.302. The minimum Gasteiger partial charge on any atom is -0.462 e. The van der Waals surface area contributed by atoms with Crippen LogP contribution in [0.3, 0.4) is 0 Å². The van der Waals surface area contributed by atoms with Gasteiger partial charge >= 0.3 is 5.97 Å². The lowest BCUT2D eigenvalue weighted by atomic mass is 9.91. The van der Waals surface area contributed by atoms with Gasteiger partial charge in [-0.25, -0.2) is 0 Å². The molecule has 1 N–H and O–H groups in total. The number of hydrogen-bond acceptors (Lipinski definition) is 4. The molecule has 1 aromatic carbocycles. The smallest absolute Gasteiger partial charge is 0.315 e. The standard InChI is InChI=1S/C17H23NO3/c1-11-7-14(8-12(2)20-11)21-17(19)16-10-18-9-13-5-3-4-6-15(13)16/h3-6,11-12,14,16,18H,7-10H2,1-2H3. The Labute approximate surface area is 125 Å². The van der Waals surface area contributed by atoms with Crippen LogP contribution >= 0.6 is 0 Å². The molecule has 3 unspecified atom stereocenters. The Morgan fingerprint density at radius 3 is 2.71 bits per heavy atom. The van der Waals surface area contributed by atoms with E-state index < -0.39 is 0 Å². The van der Waals surface area contributed by atoms with Crippen molar-refractivity contribution in [2.45, 2.75) is 57.5 Å². The first-order valence-electron chi connectivity index (χ1n) is 7.78. The third-order valence-electron chi connectivity index (χ3n) is 4.32. The van der Waals surface area contributed by atoms with E-state index in [1.165, 1.54) is 5.56 Å². The average molecular weight is 289 g/mol. The van der Waals surface area contributed by atoms with Crippen LogP contribution in [-0.2, 0) is 20.8 Å². The second-order valence-electron chi connectivity index (χ2n) is 6.17. The van der Waals surface area contributed by atoms with E-state index in [4.69, 9.17) is 9.47 Å². The van der Waals surface area contributed by atoms with Crippen LogP contribution in [-0.4, -0.2) is 30.8 Å². The number of ether oxygens (including phenoxy) is 2. The Bertz CT molecular complexity index is 507. The number of carbonyl (C=O) groups is 1. The van der Waals surface area contributed by atoms with Gasteiger partial charge in [0.15, 0.2) is 0 Å². The van der Waals surface area contributed by atoms with Crippen molar-refractivity contribution in [3.05, 3.63) is 35.4 Å². The van der Waals surface area contributed by atoms with E-state index in [0.29, 0.717) is 6.54 Å². The summed E-state index contributed by atoms with van der Waals surface area (Å²) < 4.78 is 11.5. The summed E-state index contributed by atoms with van der Waals surface area (Å²) in [5, 5.41) is 3.30. The molecule has 0 aliphatic carbocycles. The molecule has 2 aliphatic heterocycles. The Balaban J connectivity index is 1.69. The number of hydrogen-bond donors (Lipinski definition) is 1. The molecule has 3 atom stereocenters. The molecule has 114 valence electrons. The van der Waals surface area contributed by atoms with Gasteiger partial charge in [-0.05, 0) is 25.0 Å². The summed E-state index contributed by atoms with van der Waals surface area (Å²) in [5.41, 5.74) is 2.30. The third kappa shape index (κ3) is 3.27. The fraction of sp³-hybridized carbons (Fsp3) is 0.588. The van der Waals surface area contributed by atoms with E-state index in [0.717, 1.165) is 24.9 Å². The lowest BCUT2D eigenvalue weighted by Gasteiger charge is -2.33. The van der Waals surface area contributed by atoms with Crippen LogP contribution in [0.1, 0.15) is 43.7 Å². The molecule has 4 nitrogen and oxygen atoms in total. The van der Waals surface area contributed by atoms with Gasteiger partial charge in [0.05, 0.1) is 18.1 Å². The Hall–Kier alpha value is -1.39. The molecule has 0 bridgehead atoms. The highest BCUT2D eigenvalue weighted by Gasteiger charge is 2.32. The van der Waals surface area contributed by atoms with Crippen molar-refractivity contribution < 1.29 is 14.3 Å². The van der Waals surface area contributed by atoms with E-state index in [-0.39, 0.29) is 30.2 Å². The lowest BCUT2D eigenvalue weighted by molar-refractivity contribution is -0.161. The second-order valence-corrected chi connectivity index (χ2v) is 6.17. The molecular formula is C17H23NO3. The molecule has 1 saturated heterocycles. The van der Waals surface area contributed by atoms with Crippen molar-refractivity contribution in [3.63, 3.8) is 0 Å².